The summed E-state index contributed by atoms with van der Waals surface area (Å²) >= 11 is 5.92. The van der Waals surface area contributed by atoms with E-state index < -0.39 is 10.0 Å². The summed E-state index contributed by atoms with van der Waals surface area (Å²) in [5, 5.41) is 0.161. The van der Waals surface area contributed by atoms with E-state index >= 15 is 0 Å². The molecule has 2 heterocycles. The van der Waals surface area contributed by atoms with E-state index in [0.29, 0.717) is 0 Å². The van der Waals surface area contributed by atoms with Gasteiger partial charge in [0.1, 0.15) is 4.90 Å². The second-order valence-corrected chi connectivity index (χ2v) is 7.38. The van der Waals surface area contributed by atoms with E-state index in [4.69, 9.17) is 11.6 Å². The molecule has 0 bridgehead atoms. The van der Waals surface area contributed by atoms with E-state index in [2.05, 4.69) is 0 Å². The van der Waals surface area contributed by atoms with Crippen LogP contribution < -0.4 is 0 Å². The van der Waals surface area contributed by atoms with Crippen LogP contribution in [-0.2, 0) is 19.6 Å². The third-order valence-corrected chi connectivity index (χ3v) is 6.07. The molecule has 0 radical (unpaired) electrons. The molecule has 2 fully saturated rings. The highest BCUT2D eigenvalue weighted by Gasteiger charge is 2.45. The van der Waals surface area contributed by atoms with Crippen molar-refractivity contribution in [3.05, 3.63) is 29.3 Å². The van der Waals surface area contributed by atoms with Crippen LogP contribution in [0.25, 0.3) is 0 Å². The van der Waals surface area contributed by atoms with Gasteiger partial charge in [0, 0.05) is 25.9 Å². The summed E-state index contributed by atoms with van der Waals surface area (Å²) < 4.78 is 26.1. The minimum atomic E-state index is -3.68. The third-order valence-electron chi connectivity index (χ3n) is 3.74. The molecule has 2 amide bonds. The maximum atomic E-state index is 12.4. The number of rotatable bonds is 3. The van der Waals surface area contributed by atoms with Gasteiger partial charge in [-0.15, -0.1) is 0 Å². The van der Waals surface area contributed by atoms with Gasteiger partial charge in [0.15, 0.2) is 0 Å². The molecule has 0 aliphatic carbocycles. The molecule has 112 valence electrons. The van der Waals surface area contributed by atoms with E-state index in [9.17, 15) is 18.0 Å². The summed E-state index contributed by atoms with van der Waals surface area (Å²) in [5.41, 5.74) is 0. The molecule has 2 aliphatic rings. The van der Waals surface area contributed by atoms with Crippen LogP contribution in [-0.4, -0.2) is 48.6 Å². The van der Waals surface area contributed by atoms with E-state index in [1.165, 1.54) is 21.3 Å². The fourth-order valence-electron chi connectivity index (χ4n) is 2.57. The van der Waals surface area contributed by atoms with Crippen LogP contribution in [0.3, 0.4) is 0 Å². The molecule has 0 unspecified atom stereocenters. The van der Waals surface area contributed by atoms with Crippen LogP contribution >= 0.6 is 11.6 Å². The Bertz CT molecular complexity index is 697. The van der Waals surface area contributed by atoms with Gasteiger partial charge in [0.25, 0.3) is 0 Å². The lowest BCUT2D eigenvalue weighted by Gasteiger charge is -2.41. The Hall–Kier alpha value is -1.44. The lowest BCUT2D eigenvalue weighted by atomic mass is 10.1. The standard InChI is InChI=1S/C13H13ClN2O4S/c14-10-3-1-2-4-11(10)21(19,20)15-7-9(8-15)16-12(17)5-6-13(16)18/h1-4,9H,5-8H2. The fourth-order valence-corrected chi connectivity index (χ4v) is 4.58. The highest BCUT2D eigenvalue weighted by Crippen LogP contribution is 2.30. The van der Waals surface area contributed by atoms with Crippen molar-refractivity contribution in [1.82, 2.24) is 9.21 Å². The normalized spacial score (nSPS) is 20.9. The number of sulfonamides is 1. The number of carbonyl (C=O) groups excluding carboxylic acids is 2. The van der Waals surface area contributed by atoms with Gasteiger partial charge in [-0.25, -0.2) is 8.42 Å². The Morgan fingerprint density at radius 1 is 1.05 bits per heavy atom. The number of hydrogen-bond acceptors (Lipinski definition) is 4. The van der Waals surface area contributed by atoms with Crippen molar-refractivity contribution in [2.24, 2.45) is 0 Å². The number of halogens is 1. The van der Waals surface area contributed by atoms with Crippen LogP contribution in [0.15, 0.2) is 29.2 Å². The Morgan fingerprint density at radius 2 is 1.62 bits per heavy atom. The molecule has 21 heavy (non-hydrogen) atoms. The van der Waals surface area contributed by atoms with Crippen molar-refractivity contribution in [3.8, 4) is 0 Å². The number of amides is 2. The first-order valence-corrected chi connectivity index (χ1v) is 8.32. The zero-order valence-corrected chi connectivity index (χ0v) is 12.6. The van der Waals surface area contributed by atoms with Gasteiger partial charge in [0.05, 0.1) is 11.1 Å². The van der Waals surface area contributed by atoms with E-state index in [-0.39, 0.29) is 53.7 Å². The zero-order valence-electron chi connectivity index (χ0n) is 11.0. The maximum absolute atomic E-state index is 12.4. The number of hydrogen-bond donors (Lipinski definition) is 0. The van der Waals surface area contributed by atoms with Gasteiger partial charge in [-0.05, 0) is 12.1 Å². The molecule has 0 aromatic heterocycles. The summed E-state index contributed by atoms with van der Waals surface area (Å²) in [7, 11) is -3.68. The van der Waals surface area contributed by atoms with Crippen LogP contribution in [0.5, 0.6) is 0 Å². The lowest BCUT2D eigenvalue weighted by Crippen LogP contribution is -2.62. The molecule has 0 atom stereocenters. The van der Waals surface area contributed by atoms with Crippen molar-refractivity contribution in [3.63, 3.8) is 0 Å². The molecule has 0 saturated carbocycles. The van der Waals surface area contributed by atoms with Crippen LogP contribution in [0.1, 0.15) is 12.8 Å². The molecule has 3 rings (SSSR count). The van der Waals surface area contributed by atoms with Crippen molar-refractivity contribution in [2.75, 3.05) is 13.1 Å². The molecule has 1 aromatic carbocycles. The summed E-state index contributed by atoms with van der Waals surface area (Å²) in [6, 6.07) is 5.85. The monoisotopic (exact) mass is 328 g/mol. The molecule has 1 aromatic rings. The lowest BCUT2D eigenvalue weighted by molar-refractivity contribution is -0.143. The van der Waals surface area contributed by atoms with Gasteiger partial charge in [0.2, 0.25) is 21.8 Å². The second kappa shape index (κ2) is 5.08. The molecule has 8 heteroatoms. The summed E-state index contributed by atoms with van der Waals surface area (Å²) in [4.78, 5) is 24.5. The Balaban J connectivity index is 1.75. The summed E-state index contributed by atoms with van der Waals surface area (Å²) in [6.07, 6.45) is 0.430. The van der Waals surface area contributed by atoms with Gasteiger partial charge >= 0.3 is 0 Å². The fraction of sp³-hybridized carbons (Fsp3) is 0.385. The SMILES string of the molecule is O=C1CCC(=O)N1C1CN(S(=O)(=O)c2ccccc2Cl)C1. The first-order valence-electron chi connectivity index (χ1n) is 6.51. The van der Waals surface area contributed by atoms with Gasteiger partial charge in [-0.1, -0.05) is 23.7 Å². The smallest absolute Gasteiger partial charge is 0.244 e. The molecular weight excluding hydrogens is 316 g/mol. The molecule has 0 N–H and O–H groups in total. The molecule has 2 saturated heterocycles. The first-order chi connectivity index (χ1) is 9.91. The second-order valence-electron chi connectivity index (χ2n) is 5.06. The van der Waals surface area contributed by atoms with Gasteiger partial charge < -0.3 is 0 Å². The molecule has 0 spiro atoms. The number of likely N-dealkylation sites (tertiary alicyclic amines) is 1. The minimum Gasteiger partial charge on any atom is -0.277 e. The van der Waals surface area contributed by atoms with Gasteiger partial charge in [-0.2, -0.15) is 4.31 Å². The maximum Gasteiger partial charge on any atom is 0.244 e. The van der Waals surface area contributed by atoms with E-state index in [0.717, 1.165) is 0 Å². The highest BCUT2D eigenvalue weighted by atomic mass is 35.5. The Morgan fingerprint density at radius 3 is 2.19 bits per heavy atom. The number of benzene rings is 1. The first kappa shape index (κ1) is 14.5. The summed E-state index contributed by atoms with van der Waals surface area (Å²) in [5.74, 6) is -0.445. The van der Waals surface area contributed by atoms with Crippen molar-refractivity contribution in [1.29, 1.82) is 0 Å². The van der Waals surface area contributed by atoms with E-state index in [1.54, 1.807) is 12.1 Å². The molecule has 2 aliphatic heterocycles. The quantitative estimate of drug-likeness (QED) is 0.771. The van der Waals surface area contributed by atoms with Crippen LogP contribution in [0.4, 0.5) is 0 Å². The highest BCUT2D eigenvalue weighted by molar-refractivity contribution is 7.89. The minimum absolute atomic E-state index is 0.0455. The average Bonchev–Trinajstić information content (AvgIpc) is 2.69. The zero-order chi connectivity index (χ0) is 15.2. The average molecular weight is 329 g/mol. The van der Waals surface area contributed by atoms with E-state index in [1.807, 2.05) is 0 Å². The van der Waals surface area contributed by atoms with Crippen LogP contribution in [0.2, 0.25) is 5.02 Å². The largest absolute Gasteiger partial charge is 0.277 e. The number of carbonyl (C=O) groups is 2. The predicted octanol–water partition coefficient (Wildman–Crippen LogP) is 0.862. The van der Waals surface area contributed by atoms with Crippen molar-refractivity contribution < 1.29 is 18.0 Å². The predicted molar refractivity (Wildman–Crippen MR) is 75.1 cm³/mol. The molecule has 6 nitrogen and oxygen atoms in total. The number of nitrogens with zero attached hydrogens (tertiary/aromatic N) is 2. The Kier molecular flexibility index (Phi) is 3.51. The molecular formula is C13H13ClN2O4S. The van der Waals surface area contributed by atoms with Crippen LogP contribution in [0, 0.1) is 0 Å². The van der Waals surface area contributed by atoms with Crippen molar-refractivity contribution >= 4 is 33.4 Å². The Labute approximate surface area is 127 Å². The topological polar surface area (TPSA) is 74.8 Å². The van der Waals surface area contributed by atoms with Crippen molar-refractivity contribution in [2.45, 2.75) is 23.8 Å². The third kappa shape index (κ3) is 2.35. The summed E-state index contributed by atoms with van der Waals surface area (Å²) in [6.45, 7) is 0.260. The number of imide groups is 1. The van der Waals surface area contributed by atoms with Gasteiger partial charge in [-0.3, -0.25) is 14.5 Å².